The summed E-state index contributed by atoms with van der Waals surface area (Å²) in [5.41, 5.74) is 4.82. The topological polar surface area (TPSA) is 113 Å². The molecule has 4 N–H and O–H groups in total. The molecule has 178 valence electrons. The first-order valence-electron chi connectivity index (χ1n) is 11.5. The average molecular weight is 463 g/mol. The van der Waals surface area contributed by atoms with E-state index >= 15 is 0 Å². The van der Waals surface area contributed by atoms with Gasteiger partial charge in [0.15, 0.2) is 0 Å². The molecular weight excluding hydrogens is 432 g/mol. The van der Waals surface area contributed by atoms with Crippen molar-refractivity contribution in [3.8, 4) is 5.75 Å². The zero-order valence-electron chi connectivity index (χ0n) is 19.3. The number of piperidine rings is 1. The molecule has 8 heteroatoms. The van der Waals surface area contributed by atoms with E-state index in [0.29, 0.717) is 43.9 Å². The molecular formula is C26H30N4O4. The van der Waals surface area contributed by atoms with Gasteiger partial charge in [-0.25, -0.2) is 5.48 Å². The standard InChI is InChI=1S/C26H30N4O4/c1-18-2-7-22-19(8-12-28-23(22)16-18)9-15-34-21-5-3-20(4-6-21)25(32)29-26(17-24(31)30-33)10-13-27-14-11-26/h2-8,12,16,27,33H,9-11,13-15,17H2,1H3,(H,29,32)(H,30,31). The highest BCUT2D eigenvalue weighted by Gasteiger charge is 2.36. The highest BCUT2D eigenvalue weighted by Crippen LogP contribution is 2.24. The fourth-order valence-electron chi connectivity index (χ4n) is 4.43. The number of amides is 2. The minimum absolute atomic E-state index is 0.0291. The number of aromatic nitrogens is 1. The van der Waals surface area contributed by atoms with Crippen molar-refractivity contribution < 1.29 is 19.5 Å². The van der Waals surface area contributed by atoms with E-state index in [4.69, 9.17) is 9.94 Å². The lowest BCUT2D eigenvalue weighted by atomic mass is 9.84. The van der Waals surface area contributed by atoms with E-state index in [2.05, 4.69) is 40.7 Å². The lowest BCUT2D eigenvalue weighted by Gasteiger charge is -2.37. The van der Waals surface area contributed by atoms with Gasteiger partial charge in [0.2, 0.25) is 5.91 Å². The second kappa shape index (κ2) is 10.6. The third-order valence-electron chi connectivity index (χ3n) is 6.31. The van der Waals surface area contributed by atoms with Crippen LogP contribution in [0, 0.1) is 6.92 Å². The molecule has 1 fully saturated rings. The molecule has 0 aliphatic carbocycles. The Morgan fingerprint density at radius 2 is 1.88 bits per heavy atom. The summed E-state index contributed by atoms with van der Waals surface area (Å²) in [6, 6.07) is 15.3. The molecule has 34 heavy (non-hydrogen) atoms. The number of ether oxygens (including phenoxy) is 1. The molecule has 4 rings (SSSR count). The molecule has 1 aliphatic rings. The Balaban J connectivity index is 1.35. The number of nitrogens with zero attached hydrogens (tertiary/aromatic N) is 1. The molecule has 0 atom stereocenters. The zero-order chi connectivity index (χ0) is 24.0. The van der Waals surface area contributed by atoms with E-state index in [1.54, 1.807) is 29.7 Å². The second-order valence-corrected chi connectivity index (χ2v) is 8.81. The van der Waals surface area contributed by atoms with Gasteiger partial charge in [0.25, 0.3) is 5.91 Å². The molecule has 0 bridgehead atoms. The minimum atomic E-state index is -0.684. The molecule has 1 saturated heterocycles. The average Bonchev–Trinajstić information content (AvgIpc) is 2.84. The Morgan fingerprint density at radius 1 is 1.12 bits per heavy atom. The van der Waals surface area contributed by atoms with Gasteiger partial charge in [-0.15, -0.1) is 0 Å². The smallest absolute Gasteiger partial charge is 0.251 e. The first-order valence-corrected chi connectivity index (χ1v) is 11.5. The van der Waals surface area contributed by atoms with Gasteiger partial charge in [0.1, 0.15) is 5.75 Å². The molecule has 1 aromatic heterocycles. The van der Waals surface area contributed by atoms with Crippen molar-refractivity contribution in [2.45, 2.75) is 38.1 Å². The maximum absolute atomic E-state index is 12.9. The van der Waals surface area contributed by atoms with Crippen LogP contribution in [0.2, 0.25) is 0 Å². The van der Waals surface area contributed by atoms with Gasteiger partial charge in [-0.1, -0.05) is 12.1 Å². The fourth-order valence-corrected chi connectivity index (χ4v) is 4.43. The van der Waals surface area contributed by atoms with Crippen LogP contribution in [-0.4, -0.2) is 47.2 Å². The number of fused-ring (bicyclic) bond motifs is 1. The van der Waals surface area contributed by atoms with Crippen LogP contribution in [-0.2, 0) is 11.2 Å². The lowest BCUT2D eigenvalue weighted by Crippen LogP contribution is -2.56. The molecule has 2 amide bonds. The third-order valence-corrected chi connectivity index (χ3v) is 6.31. The van der Waals surface area contributed by atoms with Crippen molar-refractivity contribution in [2.24, 2.45) is 0 Å². The Bertz CT molecular complexity index is 1160. The lowest BCUT2D eigenvalue weighted by molar-refractivity contribution is -0.130. The van der Waals surface area contributed by atoms with Crippen molar-refractivity contribution in [2.75, 3.05) is 19.7 Å². The van der Waals surface area contributed by atoms with Gasteiger partial charge in [0, 0.05) is 23.6 Å². The van der Waals surface area contributed by atoms with Crippen LogP contribution in [0.4, 0.5) is 0 Å². The van der Waals surface area contributed by atoms with Crippen molar-refractivity contribution in [3.63, 3.8) is 0 Å². The van der Waals surface area contributed by atoms with E-state index in [9.17, 15) is 9.59 Å². The van der Waals surface area contributed by atoms with Crippen LogP contribution in [0.25, 0.3) is 10.9 Å². The summed E-state index contributed by atoms with van der Waals surface area (Å²) in [6.07, 6.45) is 3.81. The predicted molar refractivity (Wildman–Crippen MR) is 129 cm³/mol. The maximum atomic E-state index is 12.9. The molecule has 2 aromatic carbocycles. The number of pyridine rings is 1. The highest BCUT2D eigenvalue weighted by atomic mass is 16.5. The molecule has 0 saturated carbocycles. The van der Waals surface area contributed by atoms with Crippen LogP contribution in [0.3, 0.4) is 0 Å². The second-order valence-electron chi connectivity index (χ2n) is 8.81. The molecule has 2 heterocycles. The Kier molecular flexibility index (Phi) is 7.40. The van der Waals surface area contributed by atoms with Crippen molar-refractivity contribution in [1.29, 1.82) is 0 Å². The van der Waals surface area contributed by atoms with Crippen LogP contribution in [0.15, 0.2) is 54.7 Å². The van der Waals surface area contributed by atoms with E-state index in [0.717, 1.165) is 17.3 Å². The van der Waals surface area contributed by atoms with Crippen LogP contribution < -0.4 is 20.9 Å². The van der Waals surface area contributed by atoms with E-state index in [1.807, 2.05) is 12.3 Å². The number of aryl methyl sites for hydroxylation is 1. The number of hydrogen-bond acceptors (Lipinski definition) is 6. The summed E-state index contributed by atoms with van der Waals surface area (Å²) in [7, 11) is 0. The fraction of sp³-hybridized carbons (Fsp3) is 0.346. The zero-order valence-corrected chi connectivity index (χ0v) is 19.3. The summed E-state index contributed by atoms with van der Waals surface area (Å²) in [4.78, 5) is 29.1. The number of rotatable bonds is 8. The van der Waals surface area contributed by atoms with Gasteiger partial charge < -0.3 is 15.4 Å². The number of benzene rings is 2. The molecule has 0 unspecified atom stereocenters. The predicted octanol–water partition coefficient (Wildman–Crippen LogP) is 2.91. The largest absolute Gasteiger partial charge is 0.493 e. The van der Waals surface area contributed by atoms with Crippen molar-refractivity contribution >= 4 is 22.7 Å². The number of carbonyl (C=O) groups excluding carboxylic acids is 2. The van der Waals surface area contributed by atoms with Crippen LogP contribution in [0.1, 0.15) is 40.7 Å². The Hall–Kier alpha value is -3.49. The molecule has 3 aromatic rings. The van der Waals surface area contributed by atoms with Crippen LogP contribution in [0.5, 0.6) is 5.75 Å². The van der Waals surface area contributed by atoms with E-state index in [1.165, 1.54) is 11.1 Å². The molecule has 8 nitrogen and oxygen atoms in total. The molecule has 0 spiro atoms. The van der Waals surface area contributed by atoms with Gasteiger partial charge in [0.05, 0.1) is 24.1 Å². The first kappa shape index (κ1) is 23.7. The summed E-state index contributed by atoms with van der Waals surface area (Å²) < 4.78 is 5.91. The summed E-state index contributed by atoms with van der Waals surface area (Å²) >= 11 is 0. The monoisotopic (exact) mass is 462 g/mol. The third kappa shape index (κ3) is 5.70. The van der Waals surface area contributed by atoms with Gasteiger partial charge in [-0.05, 0) is 80.4 Å². The number of carbonyl (C=O) groups is 2. The normalized spacial score (nSPS) is 15.0. The van der Waals surface area contributed by atoms with Gasteiger partial charge in [-0.3, -0.25) is 19.8 Å². The Morgan fingerprint density at radius 3 is 2.62 bits per heavy atom. The van der Waals surface area contributed by atoms with E-state index in [-0.39, 0.29) is 12.3 Å². The van der Waals surface area contributed by atoms with Gasteiger partial charge >= 0.3 is 0 Å². The number of nitrogens with one attached hydrogen (secondary N) is 3. The maximum Gasteiger partial charge on any atom is 0.251 e. The first-order chi connectivity index (χ1) is 16.5. The summed E-state index contributed by atoms with van der Waals surface area (Å²) in [6.45, 7) is 3.94. The van der Waals surface area contributed by atoms with Crippen LogP contribution >= 0.6 is 0 Å². The van der Waals surface area contributed by atoms with E-state index < -0.39 is 11.4 Å². The quantitative estimate of drug-likeness (QED) is 0.303. The molecule has 1 aliphatic heterocycles. The molecule has 0 radical (unpaired) electrons. The summed E-state index contributed by atoms with van der Waals surface area (Å²) in [5, 5.41) is 16.3. The van der Waals surface area contributed by atoms with Gasteiger partial charge in [-0.2, -0.15) is 0 Å². The van der Waals surface area contributed by atoms with Crippen molar-refractivity contribution in [3.05, 3.63) is 71.4 Å². The Labute approximate surface area is 198 Å². The minimum Gasteiger partial charge on any atom is -0.493 e. The van der Waals surface area contributed by atoms with Crippen molar-refractivity contribution in [1.82, 2.24) is 21.1 Å². The highest BCUT2D eigenvalue weighted by molar-refractivity contribution is 5.95. The SMILES string of the molecule is Cc1ccc2c(CCOc3ccc(C(=O)NC4(CC(=O)NO)CCNCC4)cc3)ccnc2c1. The number of hydroxylamine groups is 1. The number of hydrogen-bond donors (Lipinski definition) is 4. The summed E-state index contributed by atoms with van der Waals surface area (Å²) in [5.74, 6) is -0.0807.